The molecule has 3 nitrogen and oxygen atoms in total. The second-order valence-electron chi connectivity index (χ2n) is 3.96. The van der Waals surface area contributed by atoms with Gasteiger partial charge in [0.15, 0.2) is 0 Å². The van der Waals surface area contributed by atoms with Gasteiger partial charge in [-0.05, 0) is 32.1 Å². The van der Waals surface area contributed by atoms with Gasteiger partial charge in [-0.15, -0.1) is 0 Å². The number of nitrogens with two attached hydrogens (primary N) is 1. The fourth-order valence-corrected chi connectivity index (χ4v) is 1.24. The van der Waals surface area contributed by atoms with Crippen molar-refractivity contribution in [1.82, 2.24) is 0 Å². The van der Waals surface area contributed by atoms with Crippen LogP contribution in [0.1, 0.15) is 33.1 Å². The van der Waals surface area contributed by atoms with E-state index in [4.69, 9.17) is 15.7 Å². The predicted octanol–water partition coefficient (Wildman–Crippen LogP) is 1.43. The van der Waals surface area contributed by atoms with Crippen molar-refractivity contribution in [2.75, 3.05) is 6.61 Å². The summed E-state index contributed by atoms with van der Waals surface area (Å²) in [6.07, 6.45) is 3.32. The first-order chi connectivity index (χ1) is 6.12. The number of hydrogen-bond acceptors (Lipinski definition) is 3. The predicted molar refractivity (Wildman–Crippen MR) is 51.0 cm³/mol. The van der Waals surface area contributed by atoms with Crippen LogP contribution < -0.4 is 5.73 Å². The summed E-state index contributed by atoms with van der Waals surface area (Å²) in [5.74, 6) is 0.363. The zero-order valence-electron chi connectivity index (χ0n) is 8.42. The highest BCUT2D eigenvalue weighted by molar-refractivity contribution is 5.13. The molecule has 1 aliphatic carbocycles. The van der Waals surface area contributed by atoms with Crippen molar-refractivity contribution in [3.63, 3.8) is 0 Å². The first-order valence-corrected chi connectivity index (χ1v) is 4.94. The maximum Gasteiger partial charge on any atom is 0.130 e. The summed E-state index contributed by atoms with van der Waals surface area (Å²) >= 11 is 0. The SMILES string of the molecule is CCC(C)OCC(N)(C#N)C1CC1. The molecule has 2 N–H and O–H groups in total. The van der Waals surface area contributed by atoms with E-state index in [-0.39, 0.29) is 6.10 Å². The van der Waals surface area contributed by atoms with Crippen molar-refractivity contribution in [2.45, 2.75) is 44.8 Å². The average molecular weight is 182 g/mol. The topological polar surface area (TPSA) is 59.0 Å². The number of ether oxygens (including phenoxy) is 1. The van der Waals surface area contributed by atoms with Gasteiger partial charge in [0, 0.05) is 0 Å². The molecular weight excluding hydrogens is 164 g/mol. The Morgan fingerprint density at radius 3 is 2.69 bits per heavy atom. The molecule has 0 aromatic carbocycles. The fraction of sp³-hybridized carbons (Fsp3) is 0.900. The third-order valence-corrected chi connectivity index (χ3v) is 2.70. The van der Waals surface area contributed by atoms with Crippen LogP contribution in [0, 0.1) is 17.2 Å². The minimum atomic E-state index is -0.733. The second kappa shape index (κ2) is 4.08. The lowest BCUT2D eigenvalue weighted by molar-refractivity contribution is 0.0360. The zero-order valence-corrected chi connectivity index (χ0v) is 8.42. The Hall–Kier alpha value is -0.590. The molecule has 1 aliphatic rings. The van der Waals surface area contributed by atoms with Crippen molar-refractivity contribution in [3.8, 4) is 6.07 Å². The van der Waals surface area contributed by atoms with E-state index < -0.39 is 5.54 Å². The summed E-state index contributed by atoms with van der Waals surface area (Å²) in [7, 11) is 0. The lowest BCUT2D eigenvalue weighted by Crippen LogP contribution is -2.46. The maximum absolute atomic E-state index is 8.93. The molecule has 2 unspecified atom stereocenters. The number of hydrogen-bond donors (Lipinski definition) is 1. The Labute approximate surface area is 79.9 Å². The summed E-state index contributed by atoms with van der Waals surface area (Å²) in [6, 6.07) is 2.17. The molecule has 0 aromatic heterocycles. The van der Waals surface area contributed by atoms with E-state index in [9.17, 15) is 0 Å². The van der Waals surface area contributed by atoms with E-state index in [2.05, 4.69) is 13.0 Å². The Morgan fingerprint density at radius 2 is 2.31 bits per heavy atom. The van der Waals surface area contributed by atoms with Gasteiger partial charge in [0.05, 0.1) is 18.8 Å². The Bertz CT molecular complexity index is 207. The Morgan fingerprint density at radius 1 is 1.69 bits per heavy atom. The van der Waals surface area contributed by atoms with Gasteiger partial charge in [0.2, 0.25) is 0 Å². The third-order valence-electron chi connectivity index (χ3n) is 2.70. The van der Waals surface area contributed by atoms with Crippen LogP contribution in [0.2, 0.25) is 0 Å². The summed E-state index contributed by atoms with van der Waals surface area (Å²) < 4.78 is 5.50. The van der Waals surface area contributed by atoms with Gasteiger partial charge in [-0.1, -0.05) is 6.92 Å². The molecule has 0 aliphatic heterocycles. The number of nitriles is 1. The van der Waals surface area contributed by atoms with E-state index in [0.717, 1.165) is 19.3 Å². The van der Waals surface area contributed by atoms with Gasteiger partial charge in [-0.25, -0.2) is 0 Å². The maximum atomic E-state index is 8.93. The molecule has 0 saturated heterocycles. The molecule has 13 heavy (non-hydrogen) atoms. The van der Waals surface area contributed by atoms with E-state index in [1.54, 1.807) is 0 Å². The van der Waals surface area contributed by atoms with Crippen LogP contribution in [-0.2, 0) is 4.74 Å². The van der Waals surface area contributed by atoms with E-state index in [1.807, 2.05) is 6.92 Å². The van der Waals surface area contributed by atoms with Crippen LogP contribution in [-0.4, -0.2) is 18.2 Å². The molecule has 2 atom stereocenters. The molecular formula is C10H18N2O. The van der Waals surface area contributed by atoms with Gasteiger partial charge in [-0.2, -0.15) is 5.26 Å². The van der Waals surface area contributed by atoms with Gasteiger partial charge < -0.3 is 10.5 Å². The zero-order chi connectivity index (χ0) is 9.90. The summed E-state index contributed by atoms with van der Waals surface area (Å²) in [6.45, 7) is 4.44. The minimum absolute atomic E-state index is 0.204. The summed E-state index contributed by atoms with van der Waals surface area (Å²) in [5.41, 5.74) is 5.19. The van der Waals surface area contributed by atoms with Crippen molar-refractivity contribution in [2.24, 2.45) is 11.7 Å². The smallest absolute Gasteiger partial charge is 0.130 e. The lowest BCUT2D eigenvalue weighted by Gasteiger charge is -2.23. The summed E-state index contributed by atoms with van der Waals surface area (Å²) in [5, 5.41) is 8.93. The van der Waals surface area contributed by atoms with Crippen molar-refractivity contribution in [1.29, 1.82) is 5.26 Å². The molecule has 74 valence electrons. The van der Waals surface area contributed by atoms with Crippen LogP contribution in [0.15, 0.2) is 0 Å². The second-order valence-corrected chi connectivity index (χ2v) is 3.96. The Balaban J connectivity index is 2.36. The van der Waals surface area contributed by atoms with Gasteiger partial charge in [-0.3, -0.25) is 0 Å². The van der Waals surface area contributed by atoms with Crippen molar-refractivity contribution in [3.05, 3.63) is 0 Å². The highest BCUT2D eigenvalue weighted by Crippen LogP contribution is 2.38. The standard InChI is InChI=1S/C10H18N2O/c1-3-8(2)13-7-10(12,6-11)9-4-5-9/h8-9H,3-5,7,12H2,1-2H3. The van der Waals surface area contributed by atoms with Gasteiger partial charge in [0.1, 0.15) is 5.54 Å². The van der Waals surface area contributed by atoms with E-state index in [0.29, 0.717) is 12.5 Å². The van der Waals surface area contributed by atoms with Crippen molar-refractivity contribution < 1.29 is 4.74 Å². The molecule has 1 saturated carbocycles. The molecule has 0 radical (unpaired) electrons. The summed E-state index contributed by atoms with van der Waals surface area (Å²) in [4.78, 5) is 0. The van der Waals surface area contributed by atoms with Crippen LogP contribution >= 0.6 is 0 Å². The molecule has 1 fully saturated rings. The lowest BCUT2D eigenvalue weighted by atomic mass is 9.98. The molecule has 0 heterocycles. The van der Waals surface area contributed by atoms with Gasteiger partial charge >= 0.3 is 0 Å². The molecule has 0 bridgehead atoms. The molecule has 0 amide bonds. The monoisotopic (exact) mass is 182 g/mol. The first kappa shape index (κ1) is 10.5. The first-order valence-electron chi connectivity index (χ1n) is 4.94. The third kappa shape index (κ3) is 2.68. The highest BCUT2D eigenvalue weighted by atomic mass is 16.5. The van der Waals surface area contributed by atoms with Crippen LogP contribution in [0.25, 0.3) is 0 Å². The molecule has 1 rings (SSSR count). The van der Waals surface area contributed by atoms with E-state index in [1.165, 1.54) is 0 Å². The average Bonchev–Trinajstić information content (AvgIpc) is 2.96. The molecule has 0 aromatic rings. The van der Waals surface area contributed by atoms with Crippen molar-refractivity contribution >= 4 is 0 Å². The molecule has 0 spiro atoms. The largest absolute Gasteiger partial charge is 0.375 e. The van der Waals surface area contributed by atoms with Crippen LogP contribution in [0.5, 0.6) is 0 Å². The number of rotatable bonds is 5. The number of nitrogens with zero attached hydrogens (tertiary/aromatic N) is 1. The van der Waals surface area contributed by atoms with E-state index >= 15 is 0 Å². The van der Waals surface area contributed by atoms with Crippen LogP contribution in [0.4, 0.5) is 0 Å². The highest BCUT2D eigenvalue weighted by Gasteiger charge is 2.43. The minimum Gasteiger partial charge on any atom is -0.375 e. The van der Waals surface area contributed by atoms with Gasteiger partial charge in [0.25, 0.3) is 0 Å². The quantitative estimate of drug-likeness (QED) is 0.699. The molecule has 3 heteroatoms. The normalized spacial score (nSPS) is 23.2. The van der Waals surface area contributed by atoms with Crippen LogP contribution in [0.3, 0.4) is 0 Å². The fourth-order valence-electron chi connectivity index (χ4n) is 1.24. The Kier molecular flexibility index (Phi) is 3.29.